The Morgan fingerprint density at radius 2 is 1.95 bits per heavy atom. The van der Waals surface area contributed by atoms with Crippen LogP contribution in [0.25, 0.3) is 10.1 Å². The third kappa shape index (κ3) is 2.92. The maximum Gasteiger partial charge on any atom is 0.253 e. The molecule has 6 heteroatoms. The van der Waals surface area contributed by atoms with Gasteiger partial charge in [-0.15, -0.1) is 11.3 Å². The molecule has 2 heterocycles. The van der Waals surface area contributed by atoms with Crippen molar-refractivity contribution in [3.8, 4) is 0 Å². The Labute approximate surface area is 132 Å². The number of nitrogens with one attached hydrogen (secondary N) is 1. The molecule has 0 aliphatic carbocycles. The third-order valence-electron chi connectivity index (χ3n) is 3.27. The number of benzene rings is 1. The van der Waals surface area contributed by atoms with Crippen LogP contribution in [0.2, 0.25) is 0 Å². The molecule has 112 valence electrons. The van der Waals surface area contributed by atoms with E-state index in [9.17, 15) is 4.79 Å². The summed E-state index contributed by atoms with van der Waals surface area (Å²) in [5.41, 5.74) is 1.59. The lowest BCUT2D eigenvalue weighted by atomic mass is 10.1. The van der Waals surface area contributed by atoms with Gasteiger partial charge in [-0.05, 0) is 6.07 Å². The van der Waals surface area contributed by atoms with Gasteiger partial charge in [-0.3, -0.25) is 4.79 Å². The first kappa shape index (κ1) is 14.5. The molecule has 1 amide bonds. The van der Waals surface area contributed by atoms with Crippen molar-refractivity contribution >= 4 is 33.3 Å². The van der Waals surface area contributed by atoms with Crippen molar-refractivity contribution in [3.05, 3.63) is 53.2 Å². The summed E-state index contributed by atoms with van der Waals surface area (Å²) in [7, 11) is 3.77. The summed E-state index contributed by atoms with van der Waals surface area (Å²) in [6.07, 6.45) is 3.46. The predicted octanol–water partition coefficient (Wildman–Crippen LogP) is 2.69. The Balaban J connectivity index is 1.69. The van der Waals surface area contributed by atoms with Crippen LogP contribution in [0.5, 0.6) is 0 Å². The Morgan fingerprint density at radius 1 is 1.23 bits per heavy atom. The van der Waals surface area contributed by atoms with E-state index in [-0.39, 0.29) is 5.91 Å². The van der Waals surface area contributed by atoms with Gasteiger partial charge >= 0.3 is 0 Å². The Morgan fingerprint density at radius 3 is 2.68 bits per heavy atom. The van der Waals surface area contributed by atoms with Crippen molar-refractivity contribution in [2.24, 2.45) is 0 Å². The second-order valence-corrected chi connectivity index (χ2v) is 6.03. The molecule has 22 heavy (non-hydrogen) atoms. The molecule has 2 aromatic heterocycles. The monoisotopic (exact) mass is 312 g/mol. The van der Waals surface area contributed by atoms with Gasteiger partial charge in [0.15, 0.2) is 0 Å². The molecule has 0 bridgehead atoms. The molecule has 0 radical (unpaired) electrons. The molecular formula is C16H16N4OS. The van der Waals surface area contributed by atoms with E-state index in [1.165, 1.54) is 0 Å². The molecular weight excluding hydrogens is 296 g/mol. The smallest absolute Gasteiger partial charge is 0.253 e. The predicted molar refractivity (Wildman–Crippen MR) is 89.4 cm³/mol. The quantitative estimate of drug-likeness (QED) is 0.805. The van der Waals surface area contributed by atoms with Gasteiger partial charge in [-0.1, -0.05) is 18.2 Å². The SMILES string of the molecule is CN(C)c1ncc(CNC(=O)c2csc3ccccc23)cn1. The number of carbonyl (C=O) groups is 1. The van der Waals surface area contributed by atoms with E-state index in [1.54, 1.807) is 23.7 Å². The van der Waals surface area contributed by atoms with Gasteiger partial charge in [0.25, 0.3) is 5.91 Å². The molecule has 0 spiro atoms. The minimum absolute atomic E-state index is 0.0749. The second-order valence-electron chi connectivity index (χ2n) is 5.11. The van der Waals surface area contributed by atoms with Gasteiger partial charge in [0.1, 0.15) is 0 Å². The van der Waals surface area contributed by atoms with Crippen LogP contribution in [0.1, 0.15) is 15.9 Å². The number of hydrogen-bond acceptors (Lipinski definition) is 5. The van der Waals surface area contributed by atoms with Crippen LogP contribution in [-0.2, 0) is 6.54 Å². The first-order chi connectivity index (χ1) is 10.6. The summed E-state index contributed by atoms with van der Waals surface area (Å²) in [6, 6.07) is 7.91. The second kappa shape index (κ2) is 6.11. The first-order valence-electron chi connectivity index (χ1n) is 6.88. The normalized spacial score (nSPS) is 10.6. The number of hydrogen-bond donors (Lipinski definition) is 1. The molecule has 0 saturated carbocycles. The zero-order valence-electron chi connectivity index (χ0n) is 12.4. The van der Waals surface area contributed by atoms with E-state index in [2.05, 4.69) is 15.3 Å². The minimum atomic E-state index is -0.0749. The van der Waals surface area contributed by atoms with Gasteiger partial charge in [-0.2, -0.15) is 0 Å². The number of amides is 1. The Kier molecular flexibility index (Phi) is 4.02. The lowest BCUT2D eigenvalue weighted by Crippen LogP contribution is -2.23. The zero-order valence-corrected chi connectivity index (χ0v) is 13.2. The van der Waals surface area contributed by atoms with E-state index < -0.39 is 0 Å². The average Bonchev–Trinajstić information content (AvgIpc) is 2.97. The van der Waals surface area contributed by atoms with Crippen LogP contribution in [0.15, 0.2) is 42.0 Å². The molecule has 0 aliphatic heterocycles. The highest BCUT2D eigenvalue weighted by Gasteiger charge is 2.11. The molecule has 3 aromatic rings. The highest BCUT2D eigenvalue weighted by Crippen LogP contribution is 2.25. The van der Waals surface area contributed by atoms with Crippen LogP contribution in [0.4, 0.5) is 5.95 Å². The summed E-state index contributed by atoms with van der Waals surface area (Å²) in [5, 5.41) is 5.80. The molecule has 0 unspecified atom stereocenters. The number of thiophene rings is 1. The van der Waals surface area contributed by atoms with E-state index in [4.69, 9.17) is 0 Å². The fourth-order valence-electron chi connectivity index (χ4n) is 2.10. The number of rotatable bonds is 4. The summed E-state index contributed by atoms with van der Waals surface area (Å²) in [5.74, 6) is 0.577. The summed E-state index contributed by atoms with van der Waals surface area (Å²) in [6.45, 7) is 0.413. The number of fused-ring (bicyclic) bond motifs is 1. The Hall–Kier alpha value is -2.47. The van der Waals surface area contributed by atoms with Crippen LogP contribution in [0.3, 0.4) is 0 Å². The average molecular weight is 312 g/mol. The van der Waals surface area contributed by atoms with E-state index in [1.807, 2.05) is 48.6 Å². The van der Waals surface area contributed by atoms with Gasteiger partial charge in [0.2, 0.25) is 5.95 Å². The molecule has 0 fully saturated rings. The minimum Gasteiger partial charge on any atom is -0.348 e. The van der Waals surface area contributed by atoms with Crippen molar-refractivity contribution in [2.45, 2.75) is 6.54 Å². The molecule has 5 nitrogen and oxygen atoms in total. The lowest BCUT2D eigenvalue weighted by Gasteiger charge is -2.10. The van der Waals surface area contributed by atoms with Crippen LogP contribution in [0, 0.1) is 0 Å². The standard InChI is InChI=1S/C16H16N4OS/c1-20(2)16-18-8-11(9-19-16)7-17-15(21)13-10-22-14-6-4-3-5-12(13)14/h3-6,8-10H,7H2,1-2H3,(H,17,21). The maximum atomic E-state index is 12.3. The van der Waals surface area contributed by atoms with Gasteiger partial charge in [-0.25, -0.2) is 9.97 Å². The zero-order chi connectivity index (χ0) is 15.5. The van der Waals surface area contributed by atoms with Crippen LogP contribution < -0.4 is 10.2 Å². The highest BCUT2D eigenvalue weighted by molar-refractivity contribution is 7.17. The number of anilines is 1. The fraction of sp³-hybridized carbons (Fsp3) is 0.188. The molecule has 1 N–H and O–H groups in total. The van der Waals surface area contributed by atoms with Crippen molar-refractivity contribution in [1.82, 2.24) is 15.3 Å². The Bertz CT molecular complexity index is 795. The third-order valence-corrected chi connectivity index (χ3v) is 4.23. The molecule has 3 rings (SSSR count). The largest absolute Gasteiger partial charge is 0.348 e. The molecule has 0 atom stereocenters. The summed E-state index contributed by atoms with van der Waals surface area (Å²) >= 11 is 1.58. The molecule has 0 aliphatic rings. The molecule has 1 aromatic carbocycles. The highest BCUT2D eigenvalue weighted by atomic mass is 32.1. The summed E-state index contributed by atoms with van der Waals surface area (Å²) < 4.78 is 1.12. The first-order valence-corrected chi connectivity index (χ1v) is 7.76. The van der Waals surface area contributed by atoms with Gasteiger partial charge < -0.3 is 10.2 Å². The van der Waals surface area contributed by atoms with E-state index in [0.29, 0.717) is 18.1 Å². The van der Waals surface area contributed by atoms with Crippen molar-refractivity contribution in [1.29, 1.82) is 0 Å². The topological polar surface area (TPSA) is 58.1 Å². The van der Waals surface area contributed by atoms with Gasteiger partial charge in [0.05, 0.1) is 5.56 Å². The van der Waals surface area contributed by atoms with Crippen molar-refractivity contribution in [3.63, 3.8) is 0 Å². The van der Waals surface area contributed by atoms with Crippen molar-refractivity contribution < 1.29 is 4.79 Å². The van der Waals surface area contributed by atoms with E-state index >= 15 is 0 Å². The lowest BCUT2D eigenvalue weighted by molar-refractivity contribution is 0.0953. The van der Waals surface area contributed by atoms with Gasteiger partial charge in [0, 0.05) is 54.1 Å². The summed E-state index contributed by atoms with van der Waals surface area (Å²) in [4.78, 5) is 22.6. The van der Waals surface area contributed by atoms with Crippen molar-refractivity contribution in [2.75, 3.05) is 19.0 Å². The van der Waals surface area contributed by atoms with Crippen LogP contribution >= 0.6 is 11.3 Å². The van der Waals surface area contributed by atoms with Crippen LogP contribution in [-0.4, -0.2) is 30.0 Å². The van der Waals surface area contributed by atoms with E-state index in [0.717, 1.165) is 15.6 Å². The molecule has 0 saturated heterocycles. The number of aromatic nitrogens is 2. The maximum absolute atomic E-state index is 12.3. The number of nitrogens with zero attached hydrogens (tertiary/aromatic N) is 3. The number of carbonyl (C=O) groups excluding carboxylic acids is 1. The fourth-order valence-corrected chi connectivity index (χ4v) is 3.04.